The number of nitroso groups, excluding NO2 is 1. The molecule has 10 heteroatoms. The van der Waals surface area contributed by atoms with Crippen LogP contribution in [0.25, 0.3) is 0 Å². The van der Waals surface area contributed by atoms with E-state index in [9.17, 15) is 32.8 Å². The Morgan fingerprint density at radius 3 is 2.76 bits per heavy atom. The van der Waals surface area contributed by atoms with Crippen molar-refractivity contribution in [2.24, 2.45) is 17.0 Å². The summed E-state index contributed by atoms with van der Waals surface area (Å²) >= 11 is 0. The third-order valence-corrected chi connectivity index (χ3v) is 5.94. The number of nitrogens with zero attached hydrogens (tertiary/aromatic N) is 1. The second-order valence-electron chi connectivity index (χ2n) is 8.36. The Morgan fingerprint density at radius 1 is 1.32 bits per heavy atom. The summed E-state index contributed by atoms with van der Waals surface area (Å²) in [7, 11) is 1.33. The number of rotatable bonds is 13. The third kappa shape index (κ3) is 8.55. The average molecular weight is 485 g/mol. The summed E-state index contributed by atoms with van der Waals surface area (Å²) in [6, 6.07) is 3.73. The summed E-state index contributed by atoms with van der Waals surface area (Å²) in [4.78, 5) is 34.8. The van der Waals surface area contributed by atoms with E-state index in [1.165, 1.54) is 19.2 Å². The highest BCUT2D eigenvalue weighted by Gasteiger charge is 2.42. The number of unbranched alkanes of at least 4 members (excludes halogenated alkanes) is 1. The topological polar surface area (TPSA) is 102 Å². The van der Waals surface area contributed by atoms with Crippen LogP contribution in [0.4, 0.5) is 13.2 Å². The van der Waals surface area contributed by atoms with Gasteiger partial charge in [0.2, 0.25) is 0 Å². The van der Waals surface area contributed by atoms with Crippen LogP contribution >= 0.6 is 0 Å². The van der Waals surface area contributed by atoms with E-state index in [1.807, 2.05) is 12.2 Å². The van der Waals surface area contributed by atoms with Crippen molar-refractivity contribution in [1.82, 2.24) is 0 Å². The van der Waals surface area contributed by atoms with E-state index < -0.39 is 29.8 Å². The van der Waals surface area contributed by atoms with Crippen molar-refractivity contribution in [1.29, 1.82) is 0 Å². The first-order valence-electron chi connectivity index (χ1n) is 11.2. The van der Waals surface area contributed by atoms with Crippen LogP contribution in [0, 0.1) is 16.7 Å². The molecule has 188 valence electrons. The molecule has 7 nitrogen and oxygen atoms in total. The summed E-state index contributed by atoms with van der Waals surface area (Å²) in [5.74, 6) is -1.06. The molecule has 2 rings (SSSR count). The number of ether oxygens (including phenoxy) is 2. The lowest BCUT2D eigenvalue weighted by atomic mass is 9.86. The maximum Gasteiger partial charge on any atom is 0.416 e. The summed E-state index contributed by atoms with van der Waals surface area (Å²) in [5, 5.41) is 13.4. The van der Waals surface area contributed by atoms with E-state index in [-0.39, 0.29) is 42.9 Å². The number of aliphatic hydroxyl groups excluding tert-OH is 1. The molecule has 0 heterocycles. The van der Waals surface area contributed by atoms with Gasteiger partial charge in [-0.15, -0.1) is 0 Å². The molecule has 1 aromatic rings. The van der Waals surface area contributed by atoms with Gasteiger partial charge in [-0.1, -0.05) is 23.4 Å². The van der Waals surface area contributed by atoms with E-state index >= 15 is 0 Å². The van der Waals surface area contributed by atoms with Crippen molar-refractivity contribution in [2.45, 2.75) is 63.3 Å². The summed E-state index contributed by atoms with van der Waals surface area (Å²) in [6.45, 7) is -0.216. The van der Waals surface area contributed by atoms with Gasteiger partial charge >= 0.3 is 12.1 Å². The largest absolute Gasteiger partial charge is 0.491 e. The maximum absolute atomic E-state index is 12.8. The molecule has 0 bridgehead atoms. The molecule has 1 saturated carbocycles. The van der Waals surface area contributed by atoms with Crippen LogP contribution in [0.5, 0.6) is 5.75 Å². The van der Waals surface area contributed by atoms with Crippen molar-refractivity contribution < 1.29 is 37.3 Å². The number of carbonyl (C=O) groups is 2. The quantitative estimate of drug-likeness (QED) is 0.185. The Labute approximate surface area is 196 Å². The lowest BCUT2D eigenvalue weighted by Gasteiger charge is -2.21. The maximum atomic E-state index is 12.8. The summed E-state index contributed by atoms with van der Waals surface area (Å²) in [6.07, 6.45) is 0.919. The second kappa shape index (κ2) is 13.2. The molecule has 1 aliphatic carbocycles. The molecule has 1 aromatic carbocycles. The summed E-state index contributed by atoms with van der Waals surface area (Å²) in [5.41, 5.74) is -0.843. The van der Waals surface area contributed by atoms with E-state index in [0.29, 0.717) is 32.1 Å². The molecule has 1 aliphatic rings. The van der Waals surface area contributed by atoms with Crippen LogP contribution in [-0.4, -0.2) is 42.7 Å². The number of hydrogen-bond acceptors (Lipinski definition) is 7. The van der Waals surface area contributed by atoms with Crippen LogP contribution in [0.3, 0.4) is 0 Å². The van der Waals surface area contributed by atoms with Gasteiger partial charge in [-0.05, 0) is 56.2 Å². The van der Waals surface area contributed by atoms with Gasteiger partial charge in [0.15, 0.2) is 0 Å². The van der Waals surface area contributed by atoms with Crippen LogP contribution in [0.15, 0.2) is 41.6 Å². The van der Waals surface area contributed by atoms with Gasteiger partial charge in [0.25, 0.3) is 0 Å². The predicted molar refractivity (Wildman–Crippen MR) is 118 cm³/mol. The number of hydrogen-bond donors (Lipinski definition) is 1. The minimum absolute atomic E-state index is 0.00688. The zero-order valence-corrected chi connectivity index (χ0v) is 19.0. The number of Topliss-reactive ketones (excluding diaryl/α,β-unsaturated/α-hetero) is 1. The van der Waals surface area contributed by atoms with Crippen LogP contribution in [0.1, 0.15) is 50.5 Å². The Balaban J connectivity index is 1.84. The molecule has 0 saturated heterocycles. The van der Waals surface area contributed by atoms with Gasteiger partial charge in [0.1, 0.15) is 24.2 Å². The fourth-order valence-corrected chi connectivity index (χ4v) is 4.08. The lowest BCUT2D eigenvalue weighted by Crippen LogP contribution is -2.24. The first kappa shape index (κ1) is 27.5. The lowest BCUT2D eigenvalue weighted by molar-refractivity contribution is -0.140. The molecule has 0 aromatic heterocycles. The number of carbonyl (C=O) groups excluding carboxylic acids is 2. The number of ketones is 1. The van der Waals surface area contributed by atoms with Gasteiger partial charge in [0, 0.05) is 18.8 Å². The third-order valence-electron chi connectivity index (χ3n) is 5.94. The second-order valence-corrected chi connectivity index (χ2v) is 8.36. The molecule has 0 amide bonds. The van der Waals surface area contributed by atoms with Gasteiger partial charge in [-0.3, -0.25) is 9.59 Å². The zero-order valence-electron chi connectivity index (χ0n) is 19.0. The molecule has 1 N–H and O–H groups in total. The van der Waals surface area contributed by atoms with Gasteiger partial charge in [-0.2, -0.15) is 18.1 Å². The van der Waals surface area contributed by atoms with Crippen molar-refractivity contribution >= 4 is 11.8 Å². The average Bonchev–Trinajstić information content (AvgIpc) is 3.12. The minimum Gasteiger partial charge on any atom is -0.491 e. The highest BCUT2D eigenvalue weighted by atomic mass is 19.4. The minimum atomic E-state index is -4.49. The highest BCUT2D eigenvalue weighted by molar-refractivity contribution is 5.84. The molecule has 0 spiro atoms. The Hall–Kier alpha value is -2.75. The normalized spacial score (nSPS) is 21.6. The van der Waals surface area contributed by atoms with Crippen molar-refractivity contribution in [3.8, 4) is 5.75 Å². The molecule has 0 radical (unpaired) electrons. The van der Waals surface area contributed by atoms with Gasteiger partial charge in [-0.25, -0.2) is 0 Å². The highest BCUT2D eigenvalue weighted by Crippen LogP contribution is 2.37. The standard InChI is InChI=1S/C24H30F3NO6/c1-33-23(31)10-5-3-2-4-9-20-19(21(28-32)14-22(20)30)12-11-17(29)15-34-18-8-6-7-16(13-18)24(25,26)27/h2,4,6-8,13,17,19-21,29H,3,5,9-12,14-15H2,1H3/t17-,19-,20-,21?/m1/s1. The van der Waals surface area contributed by atoms with Gasteiger partial charge in [0.05, 0.1) is 18.8 Å². The Morgan fingerprint density at radius 2 is 2.09 bits per heavy atom. The first-order chi connectivity index (χ1) is 16.2. The molecular formula is C24H30F3NO6. The number of methoxy groups -OCH3 is 1. The number of esters is 1. The fourth-order valence-electron chi connectivity index (χ4n) is 4.08. The fraction of sp³-hybridized carbons (Fsp3) is 0.583. The van der Waals surface area contributed by atoms with E-state index in [0.717, 1.165) is 12.1 Å². The first-order valence-corrected chi connectivity index (χ1v) is 11.2. The molecule has 1 fully saturated rings. The Bertz CT molecular complexity index is 857. The molecule has 0 aliphatic heterocycles. The van der Waals surface area contributed by atoms with E-state index in [1.54, 1.807) is 0 Å². The summed E-state index contributed by atoms with van der Waals surface area (Å²) < 4.78 is 48.3. The smallest absolute Gasteiger partial charge is 0.416 e. The van der Waals surface area contributed by atoms with E-state index in [2.05, 4.69) is 9.91 Å². The Kier molecular flexibility index (Phi) is 10.7. The van der Waals surface area contributed by atoms with Gasteiger partial charge < -0.3 is 14.6 Å². The molecular weight excluding hydrogens is 455 g/mol. The van der Waals surface area contributed by atoms with Crippen molar-refractivity contribution in [3.63, 3.8) is 0 Å². The number of allylic oxidation sites excluding steroid dienone is 2. The number of alkyl halides is 3. The van der Waals surface area contributed by atoms with Crippen LogP contribution in [-0.2, 0) is 20.5 Å². The molecule has 1 unspecified atom stereocenters. The van der Waals surface area contributed by atoms with Crippen molar-refractivity contribution in [2.75, 3.05) is 13.7 Å². The number of halogens is 3. The molecule has 4 atom stereocenters. The monoisotopic (exact) mass is 485 g/mol. The SMILES string of the molecule is COC(=O)CCCC=CC[C@H]1C(=O)CC(N=O)[C@@H]1CC[C@@H](O)COc1cccc(C(F)(F)F)c1. The van der Waals surface area contributed by atoms with Crippen LogP contribution in [0.2, 0.25) is 0 Å². The number of benzene rings is 1. The predicted octanol–water partition coefficient (Wildman–Crippen LogP) is 4.86. The van der Waals surface area contributed by atoms with Crippen LogP contribution < -0.4 is 4.74 Å². The van der Waals surface area contributed by atoms with Crippen molar-refractivity contribution in [3.05, 3.63) is 46.9 Å². The molecule has 34 heavy (non-hydrogen) atoms. The number of aliphatic hydroxyl groups is 1. The van der Waals surface area contributed by atoms with E-state index in [4.69, 9.17) is 4.74 Å². The zero-order chi connectivity index (χ0) is 25.1.